The van der Waals surface area contributed by atoms with Crippen molar-refractivity contribution in [2.75, 3.05) is 0 Å². The first-order valence-corrected chi connectivity index (χ1v) is 5.43. The summed E-state index contributed by atoms with van der Waals surface area (Å²) in [5.41, 5.74) is 0. The minimum atomic E-state index is -0.914. The first-order valence-electron chi connectivity index (χ1n) is 3.82. The highest BCUT2D eigenvalue weighted by atomic mass is 79.9. The third kappa shape index (κ3) is 2.97. The summed E-state index contributed by atoms with van der Waals surface area (Å²) in [6.45, 7) is 2.07. The minimum absolute atomic E-state index is 0.914. The van der Waals surface area contributed by atoms with Crippen LogP contribution in [0.2, 0.25) is 0 Å². The van der Waals surface area contributed by atoms with Crippen LogP contribution in [0.3, 0.4) is 0 Å². The summed E-state index contributed by atoms with van der Waals surface area (Å²) in [7, 11) is 0. The second kappa shape index (κ2) is 4.58. The molecule has 2 nitrogen and oxygen atoms in total. The number of thiophene rings is 1. The van der Waals surface area contributed by atoms with Gasteiger partial charge in [-0.25, -0.2) is 4.79 Å². The van der Waals surface area contributed by atoms with E-state index in [9.17, 15) is 4.79 Å². The Hall–Kier alpha value is -0.610. The van der Waals surface area contributed by atoms with Gasteiger partial charge >= 0.3 is 5.97 Å². The van der Waals surface area contributed by atoms with Gasteiger partial charge in [0.2, 0.25) is 0 Å². The van der Waals surface area contributed by atoms with Crippen LogP contribution in [0.15, 0.2) is 16.6 Å². The third-order valence-corrected chi connectivity index (χ3v) is 3.70. The molecule has 0 amide bonds. The van der Waals surface area contributed by atoms with Crippen LogP contribution < -0.4 is 0 Å². The van der Waals surface area contributed by atoms with Gasteiger partial charge in [0.1, 0.15) is 0 Å². The molecule has 0 aromatic carbocycles. The Kier molecular flexibility index (Phi) is 3.69. The Morgan fingerprint density at radius 2 is 2.46 bits per heavy atom. The maximum absolute atomic E-state index is 10.2. The predicted octanol–water partition coefficient (Wildman–Crippen LogP) is 3.17. The molecule has 0 unspecified atom stereocenters. The number of carbonyl (C=O) groups is 1. The Balaban J connectivity index is 2.85. The SMILES string of the molecule is CCc1sc(/C=C/C(=O)O)cc1Br. The van der Waals surface area contributed by atoms with E-state index in [1.807, 2.05) is 6.07 Å². The maximum Gasteiger partial charge on any atom is 0.328 e. The topological polar surface area (TPSA) is 37.3 Å². The van der Waals surface area contributed by atoms with Crippen LogP contribution in [-0.4, -0.2) is 11.1 Å². The van der Waals surface area contributed by atoms with E-state index in [2.05, 4.69) is 22.9 Å². The van der Waals surface area contributed by atoms with E-state index < -0.39 is 5.97 Å². The number of carboxylic acids is 1. The lowest BCUT2D eigenvalue weighted by Crippen LogP contribution is -1.84. The van der Waals surface area contributed by atoms with E-state index >= 15 is 0 Å². The number of hydrogen-bond donors (Lipinski definition) is 1. The van der Waals surface area contributed by atoms with Crippen molar-refractivity contribution in [3.05, 3.63) is 26.4 Å². The number of rotatable bonds is 3. The lowest BCUT2D eigenvalue weighted by molar-refractivity contribution is -0.131. The van der Waals surface area contributed by atoms with Crippen molar-refractivity contribution >= 4 is 39.3 Å². The van der Waals surface area contributed by atoms with Crippen molar-refractivity contribution in [3.63, 3.8) is 0 Å². The summed E-state index contributed by atoms with van der Waals surface area (Å²) in [5.74, 6) is -0.914. The fourth-order valence-electron chi connectivity index (χ4n) is 0.902. The van der Waals surface area contributed by atoms with Crippen LogP contribution in [-0.2, 0) is 11.2 Å². The number of aliphatic carboxylic acids is 1. The van der Waals surface area contributed by atoms with Crippen LogP contribution in [0.25, 0.3) is 6.08 Å². The molecule has 13 heavy (non-hydrogen) atoms. The number of halogens is 1. The zero-order valence-corrected chi connectivity index (χ0v) is 9.48. The van der Waals surface area contributed by atoms with Gasteiger partial charge in [0, 0.05) is 20.3 Å². The average Bonchev–Trinajstić information content (AvgIpc) is 2.43. The fourth-order valence-corrected chi connectivity index (χ4v) is 2.72. The summed E-state index contributed by atoms with van der Waals surface area (Å²) in [6, 6.07) is 1.93. The highest BCUT2D eigenvalue weighted by molar-refractivity contribution is 9.10. The van der Waals surface area contributed by atoms with Gasteiger partial charge in [0.05, 0.1) is 0 Å². The molecule has 0 aliphatic heterocycles. The van der Waals surface area contributed by atoms with E-state index in [1.54, 1.807) is 17.4 Å². The maximum atomic E-state index is 10.2. The lowest BCUT2D eigenvalue weighted by Gasteiger charge is -1.86. The average molecular weight is 261 g/mol. The van der Waals surface area contributed by atoms with Gasteiger partial charge in [-0.2, -0.15) is 0 Å². The Morgan fingerprint density at radius 1 is 1.77 bits per heavy atom. The second-order valence-corrected chi connectivity index (χ2v) is 4.47. The highest BCUT2D eigenvalue weighted by Gasteiger charge is 2.02. The molecule has 0 saturated carbocycles. The molecule has 0 saturated heterocycles. The first-order chi connectivity index (χ1) is 6.13. The summed E-state index contributed by atoms with van der Waals surface area (Å²) in [5, 5.41) is 8.41. The quantitative estimate of drug-likeness (QED) is 0.848. The van der Waals surface area contributed by atoms with Crippen LogP contribution in [0.5, 0.6) is 0 Å². The van der Waals surface area contributed by atoms with Crippen LogP contribution in [0.4, 0.5) is 0 Å². The Labute approximate surface area is 89.0 Å². The molecule has 1 heterocycles. The fraction of sp³-hybridized carbons (Fsp3) is 0.222. The molecule has 4 heteroatoms. The Bertz CT molecular complexity index is 341. The molecule has 0 aliphatic carbocycles. The lowest BCUT2D eigenvalue weighted by atomic mass is 10.3. The molecule has 1 aromatic rings. The molecule has 0 aliphatic rings. The van der Waals surface area contributed by atoms with Crippen LogP contribution >= 0.6 is 27.3 Å². The smallest absolute Gasteiger partial charge is 0.328 e. The molecule has 0 fully saturated rings. The van der Waals surface area contributed by atoms with Gasteiger partial charge in [-0.3, -0.25) is 0 Å². The van der Waals surface area contributed by atoms with Crippen molar-refractivity contribution in [2.45, 2.75) is 13.3 Å². The van der Waals surface area contributed by atoms with E-state index in [1.165, 1.54) is 4.88 Å². The monoisotopic (exact) mass is 260 g/mol. The largest absolute Gasteiger partial charge is 0.478 e. The molecule has 0 atom stereocenters. The first kappa shape index (κ1) is 10.5. The van der Waals surface area contributed by atoms with E-state index in [4.69, 9.17) is 5.11 Å². The predicted molar refractivity (Wildman–Crippen MR) is 58.1 cm³/mol. The third-order valence-electron chi connectivity index (χ3n) is 1.49. The number of hydrogen-bond acceptors (Lipinski definition) is 2. The standard InChI is InChI=1S/C9H9BrO2S/c1-2-8-7(10)5-6(13-8)3-4-9(11)12/h3-5H,2H2,1H3,(H,11,12)/b4-3+. The molecule has 70 valence electrons. The molecule has 0 spiro atoms. The summed E-state index contributed by atoms with van der Waals surface area (Å²) < 4.78 is 1.06. The zero-order chi connectivity index (χ0) is 9.84. The van der Waals surface area contributed by atoms with Gasteiger partial charge in [0.25, 0.3) is 0 Å². The molecule has 1 aromatic heterocycles. The number of aryl methyl sites for hydroxylation is 1. The molecule has 1 N–H and O–H groups in total. The van der Waals surface area contributed by atoms with Gasteiger partial charge in [0.15, 0.2) is 0 Å². The van der Waals surface area contributed by atoms with Crippen LogP contribution in [0.1, 0.15) is 16.7 Å². The summed E-state index contributed by atoms with van der Waals surface area (Å²) >= 11 is 5.02. The van der Waals surface area contributed by atoms with Gasteiger partial charge in [-0.15, -0.1) is 11.3 Å². The molecular formula is C9H9BrO2S. The van der Waals surface area contributed by atoms with E-state index in [0.717, 1.165) is 21.8 Å². The Morgan fingerprint density at radius 3 is 2.92 bits per heavy atom. The van der Waals surface area contributed by atoms with Gasteiger partial charge in [-0.1, -0.05) is 6.92 Å². The second-order valence-electron chi connectivity index (χ2n) is 2.45. The molecule has 1 rings (SSSR count). The van der Waals surface area contributed by atoms with Gasteiger partial charge in [-0.05, 0) is 34.5 Å². The molecule has 0 bridgehead atoms. The molecule has 0 radical (unpaired) electrons. The summed E-state index contributed by atoms with van der Waals surface area (Å²) in [6.07, 6.45) is 3.72. The van der Waals surface area contributed by atoms with E-state index in [-0.39, 0.29) is 0 Å². The van der Waals surface area contributed by atoms with Crippen molar-refractivity contribution in [1.29, 1.82) is 0 Å². The van der Waals surface area contributed by atoms with Crippen LogP contribution in [0, 0.1) is 0 Å². The number of carboxylic acid groups (broad SMARTS) is 1. The highest BCUT2D eigenvalue weighted by Crippen LogP contribution is 2.28. The van der Waals surface area contributed by atoms with Crippen molar-refractivity contribution < 1.29 is 9.90 Å². The normalized spacial score (nSPS) is 10.9. The summed E-state index contributed by atoms with van der Waals surface area (Å²) in [4.78, 5) is 12.4. The van der Waals surface area contributed by atoms with E-state index in [0.29, 0.717) is 0 Å². The molecular weight excluding hydrogens is 252 g/mol. The van der Waals surface area contributed by atoms with Gasteiger partial charge < -0.3 is 5.11 Å². The minimum Gasteiger partial charge on any atom is -0.478 e. The van der Waals surface area contributed by atoms with Crippen molar-refractivity contribution in [3.8, 4) is 0 Å². The zero-order valence-electron chi connectivity index (χ0n) is 7.08. The van der Waals surface area contributed by atoms with Crippen molar-refractivity contribution in [2.24, 2.45) is 0 Å². The van der Waals surface area contributed by atoms with Crippen molar-refractivity contribution in [1.82, 2.24) is 0 Å².